The number of halogens is 3. The maximum atomic E-state index is 12.5. The second-order valence-corrected chi connectivity index (χ2v) is 7.07. The molecule has 1 N–H and O–H groups in total. The van der Waals surface area contributed by atoms with Crippen molar-refractivity contribution in [1.29, 1.82) is 0 Å². The van der Waals surface area contributed by atoms with E-state index in [0.29, 0.717) is 15.4 Å². The van der Waals surface area contributed by atoms with Crippen molar-refractivity contribution in [2.75, 3.05) is 12.4 Å². The molecule has 0 atom stereocenters. The van der Waals surface area contributed by atoms with Crippen LogP contribution in [0.4, 0.5) is 18.3 Å². The van der Waals surface area contributed by atoms with Crippen molar-refractivity contribution in [3.63, 3.8) is 0 Å². The number of ether oxygens (including phenoxy) is 1. The van der Waals surface area contributed by atoms with Gasteiger partial charge in [0.05, 0.1) is 12.0 Å². The van der Waals surface area contributed by atoms with Crippen LogP contribution in [0.1, 0.15) is 14.7 Å². The first-order valence-corrected chi connectivity index (χ1v) is 8.82. The Labute approximate surface area is 157 Å². The van der Waals surface area contributed by atoms with Gasteiger partial charge in [0, 0.05) is 6.20 Å². The van der Waals surface area contributed by atoms with Crippen LogP contribution in [0.15, 0.2) is 24.4 Å². The fraction of sp³-hybridized carbons (Fsp3) is 0.214. The maximum Gasteiger partial charge on any atom is 0.445 e. The number of hydrogen-bond acceptors (Lipinski definition) is 8. The van der Waals surface area contributed by atoms with Gasteiger partial charge in [-0.1, -0.05) is 11.3 Å². The van der Waals surface area contributed by atoms with Crippen LogP contribution in [0.5, 0.6) is 0 Å². The van der Waals surface area contributed by atoms with E-state index in [1.165, 1.54) is 29.3 Å². The largest absolute Gasteiger partial charge is 0.465 e. The van der Waals surface area contributed by atoms with E-state index in [1.807, 2.05) is 0 Å². The highest BCUT2D eigenvalue weighted by Gasteiger charge is 2.35. The molecule has 0 aliphatic heterocycles. The van der Waals surface area contributed by atoms with Crippen LogP contribution in [-0.2, 0) is 22.3 Å². The Hall–Kier alpha value is -2.80. The lowest BCUT2D eigenvalue weighted by Crippen LogP contribution is -2.19. The first kappa shape index (κ1) is 19.0. The Balaban J connectivity index is 1.63. The van der Waals surface area contributed by atoms with Crippen LogP contribution in [0.2, 0.25) is 0 Å². The molecule has 3 aromatic rings. The van der Waals surface area contributed by atoms with E-state index in [-0.39, 0.29) is 23.0 Å². The molecule has 1 amide bonds. The van der Waals surface area contributed by atoms with Gasteiger partial charge >= 0.3 is 12.1 Å². The number of nitrogens with zero attached hydrogens (tertiary/aromatic N) is 4. The van der Waals surface area contributed by atoms with E-state index in [1.54, 1.807) is 18.2 Å². The Bertz CT molecular complexity index is 979. The summed E-state index contributed by atoms with van der Waals surface area (Å²) in [6.45, 7) is -0.226. The van der Waals surface area contributed by atoms with Crippen LogP contribution in [-0.4, -0.2) is 39.0 Å². The number of nitrogens with one attached hydrogen (secondary N) is 1. The summed E-state index contributed by atoms with van der Waals surface area (Å²) in [5.74, 6) is -1.06. The molecule has 0 unspecified atom stereocenters. The predicted octanol–water partition coefficient (Wildman–Crippen LogP) is 2.91. The van der Waals surface area contributed by atoms with E-state index in [2.05, 4.69) is 25.3 Å². The van der Waals surface area contributed by atoms with Crippen molar-refractivity contribution in [3.8, 4) is 10.6 Å². The van der Waals surface area contributed by atoms with Crippen molar-refractivity contribution in [2.24, 2.45) is 0 Å². The first-order chi connectivity index (χ1) is 12.8. The predicted molar refractivity (Wildman–Crippen MR) is 90.4 cm³/mol. The molecule has 0 saturated carbocycles. The molecule has 0 fully saturated rings. The third-order valence-corrected chi connectivity index (χ3v) is 5.08. The molecule has 8 nitrogen and oxygen atoms in total. The maximum absolute atomic E-state index is 12.5. The minimum absolute atomic E-state index is 0.226. The molecule has 3 aromatic heterocycles. The summed E-state index contributed by atoms with van der Waals surface area (Å²) >= 11 is 1.42. The van der Waals surface area contributed by atoms with Gasteiger partial charge in [-0.3, -0.25) is 14.8 Å². The number of esters is 1. The van der Waals surface area contributed by atoms with Crippen LogP contribution in [0, 0.1) is 0 Å². The highest BCUT2D eigenvalue weighted by molar-refractivity contribution is 7.17. The van der Waals surface area contributed by atoms with Crippen molar-refractivity contribution in [1.82, 2.24) is 20.0 Å². The lowest BCUT2D eigenvalue weighted by Gasteiger charge is -2.01. The summed E-state index contributed by atoms with van der Waals surface area (Å²) in [6, 6.07) is 4.95. The summed E-state index contributed by atoms with van der Waals surface area (Å²) < 4.78 is 43.4. The van der Waals surface area contributed by atoms with Crippen LogP contribution in [0.3, 0.4) is 0 Å². The number of aromatic nitrogens is 4. The topological polar surface area (TPSA) is 99.0 Å². The first-order valence-electron chi connectivity index (χ1n) is 7.19. The van der Waals surface area contributed by atoms with Crippen LogP contribution in [0.25, 0.3) is 10.6 Å². The highest BCUT2D eigenvalue weighted by Crippen LogP contribution is 2.33. The molecule has 0 spiro atoms. The zero-order valence-corrected chi connectivity index (χ0v) is 15.1. The van der Waals surface area contributed by atoms with Gasteiger partial charge in [-0.15, -0.1) is 21.5 Å². The average Bonchev–Trinajstić information content (AvgIpc) is 3.33. The molecule has 0 bridgehead atoms. The molecule has 0 aliphatic rings. The molecular weight excluding hydrogens is 407 g/mol. The second kappa shape index (κ2) is 7.44. The Kier molecular flexibility index (Phi) is 5.23. The van der Waals surface area contributed by atoms with Crippen molar-refractivity contribution in [3.05, 3.63) is 34.3 Å². The number of amides is 1. The lowest BCUT2D eigenvalue weighted by atomic mass is 10.3. The number of carbonyl (C=O) groups excluding carboxylic acids is 2. The highest BCUT2D eigenvalue weighted by atomic mass is 32.1. The van der Waals surface area contributed by atoms with Crippen molar-refractivity contribution < 1.29 is 27.5 Å². The van der Waals surface area contributed by atoms with E-state index in [0.717, 1.165) is 0 Å². The van der Waals surface area contributed by atoms with Gasteiger partial charge in [0.2, 0.25) is 16.0 Å². The molecule has 3 heterocycles. The summed E-state index contributed by atoms with van der Waals surface area (Å²) in [7, 11) is 1.28. The summed E-state index contributed by atoms with van der Waals surface area (Å²) in [5, 5.41) is 11.3. The number of rotatable bonds is 5. The zero-order valence-electron chi connectivity index (χ0n) is 13.5. The van der Waals surface area contributed by atoms with Gasteiger partial charge in [-0.2, -0.15) is 18.3 Å². The van der Waals surface area contributed by atoms with Crippen LogP contribution >= 0.6 is 22.7 Å². The Morgan fingerprint density at radius 2 is 2.00 bits per heavy atom. The average molecular weight is 417 g/mol. The van der Waals surface area contributed by atoms with E-state index >= 15 is 0 Å². The number of hydrogen-bond donors (Lipinski definition) is 1. The quantitative estimate of drug-likeness (QED) is 0.641. The lowest BCUT2D eigenvalue weighted by molar-refractivity contribution is -0.138. The third kappa shape index (κ3) is 4.49. The van der Waals surface area contributed by atoms with Gasteiger partial charge < -0.3 is 4.74 Å². The minimum atomic E-state index is -4.61. The van der Waals surface area contributed by atoms with Gasteiger partial charge in [0.1, 0.15) is 17.1 Å². The number of alkyl halides is 3. The molecule has 27 heavy (non-hydrogen) atoms. The SMILES string of the molecule is COC(=O)c1ccc(-c2ccn(CC(=O)Nc3nnc(C(F)(F)F)s3)n2)s1. The molecule has 0 aromatic carbocycles. The monoisotopic (exact) mass is 417 g/mol. The Morgan fingerprint density at radius 1 is 1.22 bits per heavy atom. The zero-order chi connectivity index (χ0) is 19.6. The molecular formula is C14H10F3N5O3S2. The van der Waals surface area contributed by atoms with Gasteiger partial charge in [0.15, 0.2) is 0 Å². The Morgan fingerprint density at radius 3 is 2.67 bits per heavy atom. The molecule has 13 heteroatoms. The molecule has 142 valence electrons. The molecule has 3 rings (SSSR count). The van der Waals surface area contributed by atoms with Crippen molar-refractivity contribution in [2.45, 2.75) is 12.7 Å². The molecule has 0 saturated heterocycles. The van der Waals surface area contributed by atoms with Gasteiger partial charge in [-0.05, 0) is 18.2 Å². The summed E-state index contributed by atoms with van der Waals surface area (Å²) in [4.78, 5) is 24.5. The number of thiophene rings is 1. The van der Waals surface area contributed by atoms with E-state index in [9.17, 15) is 22.8 Å². The fourth-order valence-electron chi connectivity index (χ4n) is 1.96. The second-order valence-electron chi connectivity index (χ2n) is 5.01. The normalized spacial score (nSPS) is 11.4. The molecule has 0 radical (unpaired) electrons. The number of anilines is 1. The number of methoxy groups -OCH3 is 1. The van der Waals surface area contributed by atoms with Crippen LogP contribution < -0.4 is 5.32 Å². The summed E-state index contributed by atoms with van der Waals surface area (Å²) in [5.41, 5.74) is 0.540. The minimum Gasteiger partial charge on any atom is -0.465 e. The van der Waals surface area contributed by atoms with E-state index in [4.69, 9.17) is 0 Å². The smallest absolute Gasteiger partial charge is 0.445 e. The standard InChI is InChI=1S/C14H10F3N5O3S2/c1-25-11(24)9-3-2-8(26-9)7-4-5-22(21-7)6-10(23)18-13-20-19-12(27-13)14(15,16)17/h2-5H,6H2,1H3,(H,18,20,23). The van der Waals surface area contributed by atoms with Crippen molar-refractivity contribution >= 4 is 39.7 Å². The third-order valence-electron chi connectivity index (χ3n) is 3.11. The van der Waals surface area contributed by atoms with Gasteiger partial charge in [0.25, 0.3) is 0 Å². The fourth-order valence-corrected chi connectivity index (χ4v) is 3.48. The van der Waals surface area contributed by atoms with Gasteiger partial charge in [-0.25, -0.2) is 4.79 Å². The molecule has 0 aliphatic carbocycles. The number of carbonyl (C=O) groups is 2. The van der Waals surface area contributed by atoms with E-state index < -0.39 is 23.1 Å². The summed E-state index contributed by atoms with van der Waals surface area (Å²) in [6.07, 6.45) is -3.07.